The fraction of sp³-hybridized carbons (Fsp3) is 0.917. The topological polar surface area (TPSA) is 68.3 Å². The van der Waals surface area contributed by atoms with E-state index in [-0.39, 0.29) is 36.0 Å². The minimum atomic E-state index is -1.19. The Bertz CT molecular complexity index is 626. The Morgan fingerprint density at radius 3 is 2.03 bits per heavy atom. The van der Waals surface area contributed by atoms with Crippen LogP contribution in [-0.2, 0) is 23.8 Å². The zero-order chi connectivity index (χ0) is 22.8. The zero-order valence-electron chi connectivity index (χ0n) is 20.3. The first-order valence-electron chi connectivity index (χ1n) is 12.2. The molecule has 0 spiro atoms. The summed E-state index contributed by atoms with van der Waals surface area (Å²) in [6.07, 6.45) is 6.03. The molecule has 2 heterocycles. The molecule has 0 amide bonds. The number of rotatable bonds is 7. The Kier molecular flexibility index (Phi) is 7.70. The van der Waals surface area contributed by atoms with Crippen LogP contribution in [0.25, 0.3) is 0 Å². The second-order valence-corrected chi connectivity index (χ2v) is 10.5. The number of hydrogen-bond acceptors (Lipinski definition) is 7. The first kappa shape index (κ1) is 24.5. The third kappa shape index (κ3) is 5.25. The minimum Gasteiger partial charge on any atom is -0.466 e. The van der Waals surface area contributed by atoms with Gasteiger partial charge in [0.05, 0.1) is 18.6 Å². The molecule has 0 aromatic carbocycles. The Morgan fingerprint density at radius 1 is 0.968 bits per heavy atom. The quantitative estimate of drug-likeness (QED) is 0.562. The Balaban J connectivity index is 1.85. The van der Waals surface area contributed by atoms with Gasteiger partial charge in [0.25, 0.3) is 5.85 Å². The molecule has 3 aliphatic rings. The van der Waals surface area contributed by atoms with Crippen molar-refractivity contribution in [1.29, 1.82) is 0 Å². The highest BCUT2D eigenvalue weighted by atomic mass is 16.6. The van der Waals surface area contributed by atoms with Crippen LogP contribution in [0.3, 0.4) is 0 Å². The van der Waals surface area contributed by atoms with Gasteiger partial charge in [-0.1, -0.05) is 0 Å². The lowest BCUT2D eigenvalue weighted by Crippen LogP contribution is -2.76. The first-order chi connectivity index (χ1) is 14.6. The maximum atomic E-state index is 13.8. The first-order valence-corrected chi connectivity index (χ1v) is 12.2. The lowest BCUT2D eigenvalue weighted by Gasteiger charge is -2.58. The summed E-state index contributed by atoms with van der Waals surface area (Å²) in [7, 11) is 0. The zero-order valence-corrected chi connectivity index (χ0v) is 20.3. The molecule has 0 N–H and O–H groups in total. The molecule has 0 radical (unpaired) electrons. The van der Waals surface area contributed by atoms with Gasteiger partial charge in [0.15, 0.2) is 0 Å². The third-order valence-corrected chi connectivity index (χ3v) is 6.81. The van der Waals surface area contributed by atoms with E-state index < -0.39 is 11.4 Å². The fourth-order valence-electron chi connectivity index (χ4n) is 5.47. The number of esters is 2. The molecule has 1 aliphatic carbocycles. The fourth-order valence-corrected chi connectivity index (χ4v) is 5.47. The van der Waals surface area contributed by atoms with E-state index >= 15 is 0 Å². The van der Waals surface area contributed by atoms with Gasteiger partial charge in [0, 0.05) is 25.2 Å². The minimum absolute atomic E-state index is 0.0654. The van der Waals surface area contributed by atoms with Crippen LogP contribution in [-0.4, -0.2) is 71.1 Å². The van der Waals surface area contributed by atoms with Crippen LogP contribution in [0.2, 0.25) is 0 Å². The number of ether oxygens (including phenoxy) is 3. The summed E-state index contributed by atoms with van der Waals surface area (Å²) in [5, 5.41) is 0. The summed E-state index contributed by atoms with van der Waals surface area (Å²) in [5.74, 6) is -1.66. The molecule has 0 aromatic heterocycles. The van der Waals surface area contributed by atoms with E-state index in [1.165, 1.54) is 0 Å². The average Bonchev–Trinajstić information content (AvgIpc) is 3.21. The van der Waals surface area contributed by atoms with E-state index in [1.54, 1.807) is 0 Å². The molecule has 31 heavy (non-hydrogen) atoms. The summed E-state index contributed by atoms with van der Waals surface area (Å²) < 4.78 is 18.0. The standard InChI is InChI=1S/C24H42N2O5/c1-7-29-21(27)19-10-12-20(13-11-19)30-24(25-14-8-9-15-25,22(28)31-23(4,5)6)26-17(2)16-18(26)3/h17-20H,7-16H2,1-6H3/t17-,18-,19?,20?,24?/m1/s1. The normalized spacial score (nSPS) is 32.2. The summed E-state index contributed by atoms with van der Waals surface area (Å²) in [6.45, 7) is 14.0. The number of likely N-dealkylation sites (tertiary alicyclic amines) is 2. The molecule has 178 valence electrons. The van der Waals surface area contributed by atoms with Gasteiger partial charge < -0.3 is 14.2 Å². The van der Waals surface area contributed by atoms with E-state index in [1.807, 2.05) is 27.7 Å². The van der Waals surface area contributed by atoms with Crippen molar-refractivity contribution in [2.45, 2.75) is 116 Å². The van der Waals surface area contributed by atoms with Crippen LogP contribution >= 0.6 is 0 Å². The monoisotopic (exact) mass is 438 g/mol. The van der Waals surface area contributed by atoms with E-state index in [9.17, 15) is 9.59 Å². The summed E-state index contributed by atoms with van der Waals surface area (Å²) in [4.78, 5) is 30.4. The lowest BCUT2D eigenvalue weighted by molar-refractivity contribution is -0.308. The van der Waals surface area contributed by atoms with Crippen LogP contribution in [0.5, 0.6) is 0 Å². The number of carbonyl (C=O) groups excluding carboxylic acids is 2. The molecule has 1 unspecified atom stereocenters. The predicted molar refractivity (Wildman–Crippen MR) is 118 cm³/mol. The maximum absolute atomic E-state index is 13.8. The highest BCUT2D eigenvalue weighted by Crippen LogP contribution is 2.42. The third-order valence-electron chi connectivity index (χ3n) is 6.81. The van der Waals surface area contributed by atoms with E-state index in [0.29, 0.717) is 6.61 Å². The van der Waals surface area contributed by atoms with Crippen molar-refractivity contribution < 1.29 is 23.8 Å². The van der Waals surface area contributed by atoms with Crippen molar-refractivity contribution in [3.05, 3.63) is 0 Å². The Hall–Kier alpha value is -1.18. The Labute approximate surface area is 187 Å². The van der Waals surface area contributed by atoms with Crippen LogP contribution < -0.4 is 0 Å². The van der Waals surface area contributed by atoms with Crippen LogP contribution in [0.15, 0.2) is 0 Å². The maximum Gasteiger partial charge on any atom is 0.371 e. The second-order valence-electron chi connectivity index (χ2n) is 10.5. The van der Waals surface area contributed by atoms with Crippen molar-refractivity contribution in [3.63, 3.8) is 0 Å². The molecule has 1 saturated carbocycles. The largest absolute Gasteiger partial charge is 0.466 e. The summed E-state index contributed by atoms with van der Waals surface area (Å²) in [5.41, 5.74) is -0.593. The highest BCUT2D eigenvalue weighted by Gasteiger charge is 2.60. The molecule has 2 aliphatic heterocycles. The van der Waals surface area contributed by atoms with E-state index in [0.717, 1.165) is 58.0 Å². The molecule has 0 aromatic rings. The van der Waals surface area contributed by atoms with Crippen LogP contribution in [0, 0.1) is 5.92 Å². The van der Waals surface area contributed by atoms with Crippen molar-refractivity contribution >= 4 is 11.9 Å². The van der Waals surface area contributed by atoms with Crippen molar-refractivity contribution in [3.8, 4) is 0 Å². The average molecular weight is 439 g/mol. The molecule has 3 rings (SSSR count). The van der Waals surface area contributed by atoms with Crippen molar-refractivity contribution in [2.24, 2.45) is 5.92 Å². The van der Waals surface area contributed by atoms with Gasteiger partial charge in [-0.05, 0) is 86.5 Å². The van der Waals surface area contributed by atoms with Gasteiger partial charge in [0.2, 0.25) is 0 Å². The van der Waals surface area contributed by atoms with Crippen molar-refractivity contribution in [2.75, 3.05) is 19.7 Å². The molecule has 7 heteroatoms. The Morgan fingerprint density at radius 2 is 1.55 bits per heavy atom. The van der Waals surface area contributed by atoms with E-state index in [4.69, 9.17) is 14.2 Å². The van der Waals surface area contributed by atoms with Crippen LogP contribution in [0.1, 0.15) is 86.5 Å². The van der Waals surface area contributed by atoms with E-state index in [2.05, 4.69) is 23.6 Å². The van der Waals surface area contributed by atoms with Crippen LogP contribution in [0.4, 0.5) is 0 Å². The molecule has 3 atom stereocenters. The summed E-state index contributed by atoms with van der Waals surface area (Å²) >= 11 is 0. The highest BCUT2D eigenvalue weighted by molar-refractivity contribution is 5.79. The van der Waals surface area contributed by atoms with Gasteiger partial charge in [0.1, 0.15) is 5.60 Å². The van der Waals surface area contributed by atoms with Gasteiger partial charge >= 0.3 is 11.9 Å². The van der Waals surface area contributed by atoms with Gasteiger partial charge in [-0.2, -0.15) is 0 Å². The SMILES string of the molecule is CCOC(=O)C1CCC(OC(C(=O)OC(C)(C)C)(N2CCCC2)N2[C@H](C)C[C@H]2C)CC1. The number of nitrogens with zero attached hydrogens (tertiary/aromatic N) is 2. The predicted octanol–water partition coefficient (Wildman–Crippen LogP) is 3.70. The van der Waals surface area contributed by atoms with Gasteiger partial charge in [-0.15, -0.1) is 0 Å². The van der Waals surface area contributed by atoms with Gasteiger partial charge in [-0.25, -0.2) is 9.69 Å². The number of hydrogen-bond donors (Lipinski definition) is 0. The molecule has 0 bridgehead atoms. The lowest BCUT2D eigenvalue weighted by atomic mass is 9.87. The molecular weight excluding hydrogens is 396 g/mol. The second kappa shape index (κ2) is 9.75. The molecular formula is C24H42N2O5. The molecule has 2 saturated heterocycles. The molecule has 3 fully saturated rings. The number of carbonyl (C=O) groups is 2. The van der Waals surface area contributed by atoms with Crippen molar-refractivity contribution in [1.82, 2.24) is 9.80 Å². The summed E-state index contributed by atoms with van der Waals surface area (Å²) in [6, 6.07) is 0.498. The smallest absolute Gasteiger partial charge is 0.371 e. The molecule has 7 nitrogen and oxygen atoms in total. The van der Waals surface area contributed by atoms with Gasteiger partial charge in [-0.3, -0.25) is 9.69 Å².